The first-order valence-corrected chi connectivity index (χ1v) is 6.94. The summed E-state index contributed by atoms with van der Waals surface area (Å²) in [7, 11) is 0. The SMILES string of the molecule is CCN(CC)C(=O)Cn1ccc(=O)c2cc(C)ccc21. The van der Waals surface area contributed by atoms with Gasteiger partial charge in [-0.05, 0) is 32.9 Å². The highest BCUT2D eigenvalue weighted by Gasteiger charge is 2.11. The summed E-state index contributed by atoms with van der Waals surface area (Å²) in [5.41, 5.74) is 1.85. The second-order valence-corrected chi connectivity index (χ2v) is 4.89. The third-order valence-electron chi connectivity index (χ3n) is 3.55. The first-order valence-electron chi connectivity index (χ1n) is 6.94. The van der Waals surface area contributed by atoms with Crippen molar-refractivity contribution in [2.45, 2.75) is 27.3 Å². The molecule has 0 saturated carbocycles. The topological polar surface area (TPSA) is 42.3 Å². The molecular weight excluding hydrogens is 252 g/mol. The summed E-state index contributed by atoms with van der Waals surface area (Å²) in [6, 6.07) is 7.26. The number of rotatable bonds is 4. The van der Waals surface area contributed by atoms with Crippen LogP contribution in [0.5, 0.6) is 0 Å². The number of fused-ring (bicyclic) bond motifs is 1. The Labute approximate surface area is 118 Å². The minimum Gasteiger partial charge on any atom is -0.342 e. The number of aromatic nitrogens is 1. The summed E-state index contributed by atoms with van der Waals surface area (Å²) < 4.78 is 1.84. The van der Waals surface area contributed by atoms with Crippen molar-refractivity contribution >= 4 is 16.8 Å². The molecule has 0 bridgehead atoms. The monoisotopic (exact) mass is 272 g/mol. The van der Waals surface area contributed by atoms with Crippen LogP contribution in [0.15, 0.2) is 35.3 Å². The Bertz CT molecular complexity index is 684. The molecule has 4 heteroatoms. The summed E-state index contributed by atoms with van der Waals surface area (Å²) in [6.07, 6.45) is 1.70. The summed E-state index contributed by atoms with van der Waals surface area (Å²) in [5.74, 6) is 0.0699. The van der Waals surface area contributed by atoms with Gasteiger partial charge in [0, 0.05) is 30.7 Å². The van der Waals surface area contributed by atoms with Crippen molar-refractivity contribution in [3.8, 4) is 0 Å². The van der Waals surface area contributed by atoms with E-state index in [1.54, 1.807) is 11.1 Å². The number of carbonyl (C=O) groups excluding carboxylic acids is 1. The quantitative estimate of drug-likeness (QED) is 0.856. The fourth-order valence-corrected chi connectivity index (χ4v) is 2.39. The molecule has 0 spiro atoms. The minimum absolute atomic E-state index is 0.00441. The van der Waals surface area contributed by atoms with Gasteiger partial charge in [0.2, 0.25) is 5.91 Å². The lowest BCUT2D eigenvalue weighted by atomic mass is 10.1. The maximum atomic E-state index is 12.2. The van der Waals surface area contributed by atoms with Crippen molar-refractivity contribution < 1.29 is 4.79 Å². The molecule has 0 fully saturated rings. The van der Waals surface area contributed by atoms with Crippen molar-refractivity contribution in [1.82, 2.24) is 9.47 Å². The van der Waals surface area contributed by atoms with Gasteiger partial charge in [0.25, 0.3) is 0 Å². The summed E-state index contributed by atoms with van der Waals surface area (Å²) in [4.78, 5) is 25.9. The van der Waals surface area contributed by atoms with Gasteiger partial charge in [-0.15, -0.1) is 0 Å². The molecule has 0 aliphatic heterocycles. The van der Waals surface area contributed by atoms with Crippen LogP contribution in [0.3, 0.4) is 0 Å². The Morgan fingerprint density at radius 3 is 2.55 bits per heavy atom. The summed E-state index contributed by atoms with van der Waals surface area (Å²) >= 11 is 0. The van der Waals surface area contributed by atoms with E-state index in [0.29, 0.717) is 18.5 Å². The number of hydrogen-bond acceptors (Lipinski definition) is 2. The number of nitrogens with zero attached hydrogens (tertiary/aromatic N) is 2. The highest BCUT2D eigenvalue weighted by atomic mass is 16.2. The molecule has 1 amide bonds. The van der Waals surface area contributed by atoms with Crippen LogP contribution in [0.25, 0.3) is 10.9 Å². The van der Waals surface area contributed by atoms with Crippen LogP contribution >= 0.6 is 0 Å². The zero-order valence-electron chi connectivity index (χ0n) is 12.2. The van der Waals surface area contributed by atoms with Gasteiger partial charge in [0.05, 0.1) is 5.52 Å². The van der Waals surface area contributed by atoms with Crippen LogP contribution in [0.4, 0.5) is 0 Å². The lowest BCUT2D eigenvalue weighted by molar-refractivity contribution is -0.131. The van der Waals surface area contributed by atoms with E-state index in [4.69, 9.17) is 0 Å². The van der Waals surface area contributed by atoms with E-state index in [0.717, 1.165) is 11.1 Å². The van der Waals surface area contributed by atoms with Gasteiger partial charge in [-0.1, -0.05) is 11.6 Å². The largest absolute Gasteiger partial charge is 0.342 e. The minimum atomic E-state index is -0.00441. The van der Waals surface area contributed by atoms with Gasteiger partial charge in [-0.2, -0.15) is 0 Å². The lowest BCUT2D eigenvalue weighted by Gasteiger charge is -2.20. The van der Waals surface area contributed by atoms with E-state index in [2.05, 4.69) is 0 Å². The van der Waals surface area contributed by atoms with Gasteiger partial charge in [0.1, 0.15) is 6.54 Å². The fourth-order valence-electron chi connectivity index (χ4n) is 2.39. The van der Waals surface area contributed by atoms with Crippen molar-refractivity contribution in [2.24, 2.45) is 0 Å². The Morgan fingerprint density at radius 2 is 1.90 bits per heavy atom. The van der Waals surface area contributed by atoms with Gasteiger partial charge in [-0.3, -0.25) is 9.59 Å². The van der Waals surface area contributed by atoms with Crippen molar-refractivity contribution in [3.63, 3.8) is 0 Å². The molecule has 0 N–H and O–H groups in total. The third-order valence-corrected chi connectivity index (χ3v) is 3.55. The molecule has 0 aliphatic carbocycles. The second kappa shape index (κ2) is 5.90. The molecule has 20 heavy (non-hydrogen) atoms. The van der Waals surface area contributed by atoms with Crippen LogP contribution in [0.1, 0.15) is 19.4 Å². The van der Waals surface area contributed by atoms with Crippen molar-refractivity contribution in [2.75, 3.05) is 13.1 Å². The standard InChI is InChI=1S/C16H20N2O2/c1-4-17(5-2)16(20)11-18-9-8-15(19)13-10-12(3)6-7-14(13)18/h6-10H,4-5,11H2,1-3H3. The zero-order valence-corrected chi connectivity index (χ0v) is 12.2. The molecule has 1 aromatic heterocycles. The Hall–Kier alpha value is -2.10. The average molecular weight is 272 g/mol. The molecule has 0 unspecified atom stereocenters. The predicted molar refractivity (Wildman–Crippen MR) is 80.9 cm³/mol. The molecule has 0 radical (unpaired) electrons. The van der Waals surface area contributed by atoms with Crippen molar-refractivity contribution in [3.05, 3.63) is 46.2 Å². The molecule has 4 nitrogen and oxygen atoms in total. The number of hydrogen-bond donors (Lipinski definition) is 0. The smallest absolute Gasteiger partial charge is 0.242 e. The van der Waals surface area contributed by atoms with E-state index in [1.165, 1.54) is 6.07 Å². The molecule has 106 valence electrons. The van der Waals surface area contributed by atoms with E-state index in [9.17, 15) is 9.59 Å². The summed E-state index contributed by atoms with van der Waals surface area (Å²) in [6.45, 7) is 7.56. The predicted octanol–water partition coefficient (Wildman–Crippen LogP) is 2.18. The first kappa shape index (κ1) is 14.3. The molecular formula is C16H20N2O2. The molecule has 2 aromatic rings. The molecule has 0 saturated heterocycles. The maximum Gasteiger partial charge on any atom is 0.242 e. The highest BCUT2D eigenvalue weighted by molar-refractivity contribution is 5.82. The number of amides is 1. The first-order chi connectivity index (χ1) is 9.56. The van der Waals surface area contributed by atoms with Crippen LogP contribution in [-0.2, 0) is 11.3 Å². The maximum absolute atomic E-state index is 12.2. The third kappa shape index (κ3) is 2.74. The lowest BCUT2D eigenvalue weighted by Crippen LogP contribution is -2.33. The number of aryl methyl sites for hydroxylation is 1. The number of benzene rings is 1. The highest BCUT2D eigenvalue weighted by Crippen LogP contribution is 2.12. The molecule has 2 rings (SSSR count). The zero-order chi connectivity index (χ0) is 14.7. The van der Waals surface area contributed by atoms with E-state index < -0.39 is 0 Å². The van der Waals surface area contributed by atoms with Crippen LogP contribution in [0, 0.1) is 6.92 Å². The Kier molecular flexibility index (Phi) is 4.23. The summed E-state index contributed by atoms with van der Waals surface area (Å²) in [5, 5.41) is 0.667. The van der Waals surface area contributed by atoms with E-state index in [-0.39, 0.29) is 17.9 Å². The van der Waals surface area contributed by atoms with E-state index >= 15 is 0 Å². The Balaban J connectivity index is 2.43. The van der Waals surface area contributed by atoms with Crippen LogP contribution in [-0.4, -0.2) is 28.5 Å². The number of pyridine rings is 1. The normalized spacial score (nSPS) is 10.8. The van der Waals surface area contributed by atoms with Gasteiger partial charge < -0.3 is 9.47 Å². The van der Waals surface area contributed by atoms with Gasteiger partial charge in [0.15, 0.2) is 5.43 Å². The Morgan fingerprint density at radius 1 is 1.20 bits per heavy atom. The van der Waals surface area contributed by atoms with Crippen LogP contribution < -0.4 is 5.43 Å². The number of carbonyl (C=O) groups is 1. The molecule has 0 aliphatic rings. The van der Waals surface area contributed by atoms with Gasteiger partial charge >= 0.3 is 0 Å². The van der Waals surface area contributed by atoms with Crippen molar-refractivity contribution in [1.29, 1.82) is 0 Å². The van der Waals surface area contributed by atoms with Gasteiger partial charge in [-0.25, -0.2) is 0 Å². The average Bonchev–Trinajstić information content (AvgIpc) is 2.43. The second-order valence-electron chi connectivity index (χ2n) is 4.89. The molecule has 1 heterocycles. The fraction of sp³-hybridized carbons (Fsp3) is 0.375. The van der Waals surface area contributed by atoms with Crippen LogP contribution in [0.2, 0.25) is 0 Å². The number of likely N-dealkylation sites (N-methyl/N-ethyl adjacent to an activating group) is 1. The molecule has 0 atom stereocenters. The van der Waals surface area contributed by atoms with E-state index in [1.807, 2.05) is 43.5 Å². The molecule has 1 aromatic carbocycles.